The molecule has 3 nitrogen and oxygen atoms in total. The van der Waals surface area contributed by atoms with Crippen LogP contribution in [0, 0.1) is 0 Å². The van der Waals surface area contributed by atoms with Crippen molar-refractivity contribution in [2.75, 3.05) is 20.6 Å². The van der Waals surface area contributed by atoms with Crippen LogP contribution < -0.4 is 5.32 Å². The molecule has 0 aromatic heterocycles. The van der Waals surface area contributed by atoms with E-state index in [1.54, 1.807) is 0 Å². The molecule has 0 saturated heterocycles. The molecule has 0 aliphatic rings. The molecule has 100 valence electrons. The van der Waals surface area contributed by atoms with Crippen LogP contribution in [0.3, 0.4) is 0 Å². The molecule has 0 atom stereocenters. The molecular weight excluding hydrogens is 222 g/mol. The van der Waals surface area contributed by atoms with Gasteiger partial charge >= 0.3 is 0 Å². The maximum absolute atomic E-state index is 4.62. The summed E-state index contributed by atoms with van der Waals surface area (Å²) in [7, 11) is 4.05. The number of aliphatic imine (C=N–C) groups is 1. The van der Waals surface area contributed by atoms with Gasteiger partial charge in [0.05, 0.1) is 6.54 Å². The fourth-order valence-electron chi connectivity index (χ4n) is 1.68. The minimum absolute atomic E-state index is 0.731. The molecule has 0 amide bonds. The lowest BCUT2D eigenvalue weighted by molar-refractivity contribution is 0.569. The Morgan fingerprint density at radius 3 is 2.50 bits per heavy atom. The van der Waals surface area contributed by atoms with E-state index in [4.69, 9.17) is 0 Å². The van der Waals surface area contributed by atoms with Gasteiger partial charge in [0.25, 0.3) is 0 Å². The van der Waals surface area contributed by atoms with Crippen LogP contribution in [0.1, 0.15) is 31.7 Å². The van der Waals surface area contributed by atoms with Crippen molar-refractivity contribution in [1.82, 2.24) is 10.2 Å². The summed E-state index contributed by atoms with van der Waals surface area (Å²) < 4.78 is 0. The van der Waals surface area contributed by atoms with E-state index < -0.39 is 0 Å². The van der Waals surface area contributed by atoms with Crippen molar-refractivity contribution in [2.24, 2.45) is 4.99 Å². The Morgan fingerprint density at radius 1 is 1.17 bits per heavy atom. The first kappa shape index (κ1) is 14.6. The van der Waals surface area contributed by atoms with E-state index >= 15 is 0 Å². The molecule has 0 spiro atoms. The van der Waals surface area contributed by atoms with Gasteiger partial charge < -0.3 is 10.2 Å². The molecule has 3 heteroatoms. The molecule has 1 aromatic carbocycles. The standard InChI is InChI=1S/C15H25N3/c1-4-5-9-12-16-15(18(2)3)17-13-14-10-7-6-8-11-14/h6-8,10-11H,4-5,9,12-13H2,1-3H3,(H,16,17). The summed E-state index contributed by atoms with van der Waals surface area (Å²) in [6.07, 6.45) is 3.72. The van der Waals surface area contributed by atoms with E-state index in [1.807, 2.05) is 25.1 Å². The van der Waals surface area contributed by atoms with Crippen molar-refractivity contribution in [3.8, 4) is 0 Å². The van der Waals surface area contributed by atoms with Crippen molar-refractivity contribution >= 4 is 5.96 Å². The van der Waals surface area contributed by atoms with Crippen molar-refractivity contribution in [1.29, 1.82) is 0 Å². The minimum Gasteiger partial charge on any atom is -0.356 e. The Labute approximate surface area is 111 Å². The molecule has 18 heavy (non-hydrogen) atoms. The monoisotopic (exact) mass is 247 g/mol. The van der Waals surface area contributed by atoms with Gasteiger partial charge in [0.15, 0.2) is 5.96 Å². The number of guanidine groups is 1. The van der Waals surface area contributed by atoms with Crippen molar-refractivity contribution in [2.45, 2.75) is 32.7 Å². The molecular formula is C15H25N3. The number of unbranched alkanes of at least 4 members (excludes halogenated alkanes) is 2. The highest BCUT2D eigenvalue weighted by Crippen LogP contribution is 2.00. The molecule has 1 N–H and O–H groups in total. The maximum atomic E-state index is 4.62. The normalized spacial score (nSPS) is 11.4. The minimum atomic E-state index is 0.731. The Morgan fingerprint density at radius 2 is 1.89 bits per heavy atom. The molecule has 0 bridgehead atoms. The smallest absolute Gasteiger partial charge is 0.193 e. The maximum Gasteiger partial charge on any atom is 0.193 e. The number of nitrogens with zero attached hydrogens (tertiary/aromatic N) is 2. The molecule has 0 radical (unpaired) electrons. The number of rotatable bonds is 6. The Bertz CT molecular complexity index is 344. The van der Waals surface area contributed by atoms with Crippen LogP contribution in [-0.4, -0.2) is 31.5 Å². The topological polar surface area (TPSA) is 27.6 Å². The number of hydrogen-bond donors (Lipinski definition) is 1. The predicted octanol–water partition coefficient (Wildman–Crippen LogP) is 2.88. The Kier molecular flexibility index (Phi) is 6.92. The Balaban J connectivity index is 2.45. The van der Waals surface area contributed by atoms with E-state index in [9.17, 15) is 0 Å². The van der Waals surface area contributed by atoms with Crippen LogP contribution >= 0.6 is 0 Å². The summed E-state index contributed by atoms with van der Waals surface area (Å²) in [5, 5.41) is 3.40. The predicted molar refractivity (Wildman–Crippen MR) is 78.8 cm³/mol. The van der Waals surface area contributed by atoms with E-state index in [1.165, 1.54) is 24.8 Å². The molecule has 0 heterocycles. The third-order valence-corrected chi connectivity index (χ3v) is 2.74. The van der Waals surface area contributed by atoms with E-state index in [-0.39, 0.29) is 0 Å². The summed E-state index contributed by atoms with van der Waals surface area (Å²) in [6, 6.07) is 10.3. The quantitative estimate of drug-likeness (QED) is 0.475. The summed E-state index contributed by atoms with van der Waals surface area (Å²) in [5.74, 6) is 0.968. The van der Waals surface area contributed by atoms with Crippen LogP contribution in [0.25, 0.3) is 0 Å². The summed E-state index contributed by atoms with van der Waals surface area (Å²) in [4.78, 5) is 6.66. The first-order valence-corrected chi connectivity index (χ1v) is 6.73. The lowest BCUT2D eigenvalue weighted by Gasteiger charge is -2.17. The molecule has 0 fully saturated rings. The van der Waals surface area contributed by atoms with Gasteiger partial charge in [-0.05, 0) is 12.0 Å². The highest BCUT2D eigenvalue weighted by atomic mass is 15.3. The van der Waals surface area contributed by atoms with Crippen molar-refractivity contribution in [3.63, 3.8) is 0 Å². The number of hydrogen-bond acceptors (Lipinski definition) is 1. The number of benzene rings is 1. The zero-order valence-electron chi connectivity index (χ0n) is 11.8. The fourth-order valence-corrected chi connectivity index (χ4v) is 1.68. The van der Waals surface area contributed by atoms with Gasteiger partial charge in [-0.15, -0.1) is 0 Å². The van der Waals surface area contributed by atoms with Gasteiger partial charge in [-0.2, -0.15) is 0 Å². The van der Waals surface area contributed by atoms with Crippen LogP contribution in [-0.2, 0) is 6.54 Å². The van der Waals surface area contributed by atoms with Crippen molar-refractivity contribution in [3.05, 3.63) is 35.9 Å². The van der Waals surface area contributed by atoms with Gasteiger partial charge in [-0.25, -0.2) is 4.99 Å². The first-order chi connectivity index (χ1) is 8.74. The molecule has 0 saturated carbocycles. The van der Waals surface area contributed by atoms with Gasteiger partial charge in [0, 0.05) is 20.6 Å². The first-order valence-electron chi connectivity index (χ1n) is 6.73. The van der Waals surface area contributed by atoms with E-state index in [2.05, 4.69) is 41.5 Å². The second-order valence-corrected chi connectivity index (χ2v) is 4.65. The molecule has 0 aliphatic carbocycles. The number of nitrogens with one attached hydrogen (secondary N) is 1. The average molecular weight is 247 g/mol. The Hall–Kier alpha value is -1.51. The third kappa shape index (κ3) is 5.71. The largest absolute Gasteiger partial charge is 0.356 e. The summed E-state index contributed by atoms with van der Waals surface area (Å²) >= 11 is 0. The van der Waals surface area contributed by atoms with E-state index in [0.717, 1.165) is 19.0 Å². The van der Waals surface area contributed by atoms with Crippen LogP contribution in [0.5, 0.6) is 0 Å². The lowest BCUT2D eigenvalue weighted by atomic mass is 10.2. The third-order valence-electron chi connectivity index (χ3n) is 2.74. The highest BCUT2D eigenvalue weighted by Gasteiger charge is 2.00. The molecule has 1 aromatic rings. The fraction of sp³-hybridized carbons (Fsp3) is 0.533. The average Bonchev–Trinajstić information content (AvgIpc) is 2.38. The second kappa shape index (κ2) is 8.56. The van der Waals surface area contributed by atoms with Crippen molar-refractivity contribution < 1.29 is 0 Å². The van der Waals surface area contributed by atoms with E-state index in [0.29, 0.717) is 0 Å². The van der Waals surface area contributed by atoms with Crippen LogP contribution in [0.4, 0.5) is 0 Å². The summed E-state index contributed by atoms with van der Waals surface area (Å²) in [6.45, 7) is 3.95. The summed E-state index contributed by atoms with van der Waals surface area (Å²) in [5.41, 5.74) is 1.24. The lowest BCUT2D eigenvalue weighted by Crippen LogP contribution is -2.37. The van der Waals surface area contributed by atoms with Gasteiger partial charge in [-0.1, -0.05) is 50.1 Å². The highest BCUT2D eigenvalue weighted by molar-refractivity contribution is 5.79. The SMILES string of the molecule is CCCCCNC(=NCc1ccccc1)N(C)C. The second-order valence-electron chi connectivity index (χ2n) is 4.65. The van der Waals surface area contributed by atoms with Gasteiger partial charge in [-0.3, -0.25) is 0 Å². The molecule has 1 rings (SSSR count). The zero-order chi connectivity index (χ0) is 13.2. The molecule has 0 unspecified atom stereocenters. The van der Waals surface area contributed by atoms with Crippen LogP contribution in [0.2, 0.25) is 0 Å². The zero-order valence-corrected chi connectivity index (χ0v) is 11.8. The molecule has 0 aliphatic heterocycles. The van der Waals surface area contributed by atoms with Gasteiger partial charge in [0.1, 0.15) is 0 Å². The van der Waals surface area contributed by atoms with Gasteiger partial charge in [0.2, 0.25) is 0 Å². The van der Waals surface area contributed by atoms with Crippen LogP contribution in [0.15, 0.2) is 35.3 Å².